The zero-order valence-corrected chi connectivity index (χ0v) is 11.6. The van der Waals surface area contributed by atoms with Gasteiger partial charge < -0.3 is 16.0 Å². The van der Waals surface area contributed by atoms with Gasteiger partial charge in [-0.15, -0.1) is 11.8 Å². The SMILES string of the molecule is Nc1ccc(Cl)c(SCC(=O)N2CCNCC2)c1. The van der Waals surface area contributed by atoms with Crippen molar-refractivity contribution in [2.24, 2.45) is 0 Å². The lowest BCUT2D eigenvalue weighted by Gasteiger charge is -2.27. The molecule has 98 valence electrons. The fourth-order valence-corrected chi connectivity index (χ4v) is 2.94. The molecule has 1 fully saturated rings. The number of anilines is 1. The third-order valence-electron chi connectivity index (χ3n) is 2.78. The number of carbonyl (C=O) groups is 1. The van der Waals surface area contributed by atoms with Crippen LogP contribution in [-0.4, -0.2) is 42.7 Å². The van der Waals surface area contributed by atoms with Crippen molar-refractivity contribution in [3.05, 3.63) is 23.2 Å². The summed E-state index contributed by atoms with van der Waals surface area (Å²) >= 11 is 7.49. The van der Waals surface area contributed by atoms with Crippen molar-refractivity contribution in [3.8, 4) is 0 Å². The lowest BCUT2D eigenvalue weighted by atomic mass is 10.3. The molecule has 1 saturated heterocycles. The largest absolute Gasteiger partial charge is 0.399 e. The van der Waals surface area contributed by atoms with E-state index in [1.165, 1.54) is 11.8 Å². The highest BCUT2D eigenvalue weighted by Crippen LogP contribution is 2.29. The minimum Gasteiger partial charge on any atom is -0.399 e. The summed E-state index contributed by atoms with van der Waals surface area (Å²) < 4.78 is 0. The number of nitrogens with zero attached hydrogens (tertiary/aromatic N) is 1. The van der Waals surface area contributed by atoms with E-state index in [1.807, 2.05) is 4.90 Å². The quantitative estimate of drug-likeness (QED) is 0.652. The molecule has 0 bridgehead atoms. The number of hydrogen-bond acceptors (Lipinski definition) is 4. The van der Waals surface area contributed by atoms with Crippen molar-refractivity contribution >= 4 is 35.0 Å². The van der Waals surface area contributed by atoms with Gasteiger partial charge in [-0.05, 0) is 18.2 Å². The Morgan fingerprint density at radius 1 is 1.44 bits per heavy atom. The van der Waals surface area contributed by atoms with E-state index in [1.54, 1.807) is 18.2 Å². The second kappa shape index (κ2) is 6.31. The third kappa shape index (κ3) is 3.54. The van der Waals surface area contributed by atoms with Crippen molar-refractivity contribution in [2.75, 3.05) is 37.7 Å². The second-order valence-electron chi connectivity index (χ2n) is 4.11. The molecule has 2 rings (SSSR count). The van der Waals surface area contributed by atoms with Crippen LogP contribution in [0.5, 0.6) is 0 Å². The van der Waals surface area contributed by atoms with Crippen LogP contribution in [-0.2, 0) is 4.79 Å². The highest BCUT2D eigenvalue weighted by Gasteiger charge is 2.16. The van der Waals surface area contributed by atoms with Crippen LogP contribution in [0.4, 0.5) is 5.69 Å². The molecule has 0 aromatic heterocycles. The summed E-state index contributed by atoms with van der Waals surface area (Å²) in [5.74, 6) is 0.559. The maximum absolute atomic E-state index is 12.0. The van der Waals surface area contributed by atoms with E-state index in [9.17, 15) is 4.79 Å². The van der Waals surface area contributed by atoms with Gasteiger partial charge in [0.15, 0.2) is 0 Å². The molecule has 1 aliphatic rings. The lowest BCUT2D eigenvalue weighted by molar-refractivity contribution is -0.128. The summed E-state index contributed by atoms with van der Waals surface area (Å²) in [6.45, 7) is 3.30. The number of nitrogen functional groups attached to an aromatic ring is 1. The number of halogens is 1. The average Bonchev–Trinajstić information content (AvgIpc) is 2.40. The monoisotopic (exact) mass is 285 g/mol. The zero-order chi connectivity index (χ0) is 13.0. The van der Waals surface area contributed by atoms with E-state index in [4.69, 9.17) is 17.3 Å². The summed E-state index contributed by atoms with van der Waals surface area (Å²) in [7, 11) is 0. The van der Waals surface area contributed by atoms with Crippen LogP contribution in [0.25, 0.3) is 0 Å². The Morgan fingerprint density at radius 3 is 2.89 bits per heavy atom. The first-order valence-corrected chi connectivity index (χ1v) is 7.19. The van der Waals surface area contributed by atoms with E-state index < -0.39 is 0 Å². The summed E-state index contributed by atoms with van der Waals surface area (Å²) in [5.41, 5.74) is 6.36. The molecular weight excluding hydrogens is 270 g/mol. The Balaban J connectivity index is 1.90. The van der Waals surface area contributed by atoms with Crippen LogP contribution in [0.3, 0.4) is 0 Å². The average molecular weight is 286 g/mol. The predicted octanol–water partition coefficient (Wildman–Crippen LogP) is 1.45. The minimum absolute atomic E-state index is 0.153. The van der Waals surface area contributed by atoms with Crippen molar-refractivity contribution in [1.29, 1.82) is 0 Å². The standard InChI is InChI=1S/C12H16ClN3OS/c13-10-2-1-9(14)7-11(10)18-8-12(17)16-5-3-15-4-6-16/h1-2,7,15H,3-6,8,14H2. The highest BCUT2D eigenvalue weighted by atomic mass is 35.5. The van der Waals surface area contributed by atoms with Crippen molar-refractivity contribution in [1.82, 2.24) is 10.2 Å². The van der Waals surface area contributed by atoms with E-state index in [0.717, 1.165) is 31.1 Å². The number of nitrogens with two attached hydrogens (primary N) is 1. The van der Waals surface area contributed by atoms with Crippen LogP contribution >= 0.6 is 23.4 Å². The van der Waals surface area contributed by atoms with Crippen LogP contribution < -0.4 is 11.1 Å². The molecule has 0 spiro atoms. The maximum atomic E-state index is 12.0. The fourth-order valence-electron chi connectivity index (χ4n) is 1.78. The Hall–Kier alpha value is -0.910. The smallest absolute Gasteiger partial charge is 0.233 e. The van der Waals surface area contributed by atoms with Gasteiger partial charge in [0.25, 0.3) is 0 Å². The number of benzene rings is 1. The van der Waals surface area contributed by atoms with Crippen LogP contribution in [0.15, 0.2) is 23.1 Å². The van der Waals surface area contributed by atoms with E-state index in [-0.39, 0.29) is 5.91 Å². The van der Waals surface area contributed by atoms with Gasteiger partial charge in [0.05, 0.1) is 10.8 Å². The van der Waals surface area contributed by atoms with E-state index in [0.29, 0.717) is 16.5 Å². The molecule has 0 aliphatic carbocycles. The molecular formula is C12H16ClN3OS. The number of carbonyl (C=O) groups excluding carboxylic acids is 1. The van der Waals surface area contributed by atoms with Crippen LogP contribution in [0.2, 0.25) is 5.02 Å². The van der Waals surface area contributed by atoms with E-state index >= 15 is 0 Å². The number of piperazine rings is 1. The first-order valence-electron chi connectivity index (χ1n) is 5.83. The van der Waals surface area contributed by atoms with Gasteiger partial charge in [-0.25, -0.2) is 0 Å². The molecule has 0 atom stereocenters. The van der Waals surface area contributed by atoms with Gasteiger partial charge >= 0.3 is 0 Å². The number of hydrogen-bond donors (Lipinski definition) is 2. The number of thioether (sulfide) groups is 1. The Bertz CT molecular complexity index is 435. The number of rotatable bonds is 3. The van der Waals surface area contributed by atoms with Gasteiger partial charge in [-0.1, -0.05) is 11.6 Å². The molecule has 0 unspecified atom stereocenters. The molecule has 4 nitrogen and oxygen atoms in total. The third-order valence-corrected chi connectivity index (χ3v) is 4.26. The van der Waals surface area contributed by atoms with Gasteiger partial charge in [-0.2, -0.15) is 0 Å². The second-order valence-corrected chi connectivity index (χ2v) is 5.53. The highest BCUT2D eigenvalue weighted by molar-refractivity contribution is 8.00. The molecule has 1 aromatic rings. The normalized spacial score (nSPS) is 15.7. The first kappa shape index (κ1) is 13.5. The Kier molecular flexibility index (Phi) is 4.74. The molecule has 1 aliphatic heterocycles. The summed E-state index contributed by atoms with van der Waals surface area (Å²) in [6.07, 6.45) is 0. The number of amides is 1. The summed E-state index contributed by atoms with van der Waals surface area (Å²) in [5, 5.41) is 3.86. The Morgan fingerprint density at radius 2 is 2.17 bits per heavy atom. The van der Waals surface area contributed by atoms with Crippen LogP contribution in [0, 0.1) is 0 Å². The molecule has 1 heterocycles. The van der Waals surface area contributed by atoms with Gasteiger partial charge in [0, 0.05) is 36.8 Å². The Labute approximate surface area is 116 Å². The zero-order valence-electron chi connectivity index (χ0n) is 9.99. The maximum Gasteiger partial charge on any atom is 0.233 e. The summed E-state index contributed by atoms with van der Waals surface area (Å²) in [6, 6.07) is 5.32. The predicted molar refractivity (Wildman–Crippen MR) is 76.0 cm³/mol. The molecule has 1 amide bonds. The van der Waals surface area contributed by atoms with Crippen molar-refractivity contribution in [3.63, 3.8) is 0 Å². The van der Waals surface area contributed by atoms with Crippen molar-refractivity contribution < 1.29 is 4.79 Å². The molecule has 3 N–H and O–H groups in total. The topological polar surface area (TPSA) is 58.4 Å². The van der Waals surface area contributed by atoms with Crippen LogP contribution in [0.1, 0.15) is 0 Å². The number of nitrogens with one attached hydrogen (secondary N) is 1. The van der Waals surface area contributed by atoms with Crippen molar-refractivity contribution in [2.45, 2.75) is 4.90 Å². The summed E-state index contributed by atoms with van der Waals surface area (Å²) in [4.78, 5) is 14.7. The molecule has 0 radical (unpaired) electrons. The van der Waals surface area contributed by atoms with Gasteiger partial charge in [-0.3, -0.25) is 4.79 Å². The van der Waals surface area contributed by atoms with Gasteiger partial charge in [0.2, 0.25) is 5.91 Å². The minimum atomic E-state index is 0.153. The molecule has 6 heteroatoms. The first-order chi connectivity index (χ1) is 8.66. The molecule has 0 saturated carbocycles. The molecule has 1 aromatic carbocycles. The molecule has 18 heavy (non-hydrogen) atoms. The fraction of sp³-hybridized carbons (Fsp3) is 0.417. The lowest BCUT2D eigenvalue weighted by Crippen LogP contribution is -2.47. The van der Waals surface area contributed by atoms with E-state index in [2.05, 4.69) is 5.32 Å². The van der Waals surface area contributed by atoms with Gasteiger partial charge in [0.1, 0.15) is 0 Å².